The highest BCUT2D eigenvalue weighted by molar-refractivity contribution is 7.87. The van der Waals surface area contributed by atoms with Gasteiger partial charge in [0.15, 0.2) is 0 Å². The molecule has 2 aromatic carbocycles. The van der Waals surface area contributed by atoms with E-state index in [1.165, 1.54) is 36.4 Å². The van der Waals surface area contributed by atoms with Crippen molar-refractivity contribution < 1.29 is 35.3 Å². The van der Waals surface area contributed by atoms with E-state index in [0.717, 1.165) is 12.1 Å². The third-order valence-corrected chi connectivity index (χ3v) is 4.74. The number of amides is 1. The molecule has 0 radical (unpaired) electrons. The zero-order valence-electron chi connectivity index (χ0n) is 17.4. The molecule has 0 fully saturated rings. The highest BCUT2D eigenvalue weighted by Crippen LogP contribution is 2.23. The topological polar surface area (TPSA) is 106 Å². The van der Waals surface area contributed by atoms with Crippen LogP contribution in [0.3, 0.4) is 0 Å². The molecule has 8 nitrogen and oxygen atoms in total. The fourth-order valence-corrected chi connectivity index (χ4v) is 3.15. The molecule has 0 saturated heterocycles. The van der Waals surface area contributed by atoms with Crippen molar-refractivity contribution in [3.8, 4) is 0 Å². The first-order valence-corrected chi connectivity index (χ1v) is 10.6. The van der Waals surface area contributed by atoms with Gasteiger partial charge in [0.05, 0.1) is 5.69 Å². The molecule has 0 bridgehead atoms. The quantitative estimate of drug-likeness (QED) is 0.279. The van der Waals surface area contributed by atoms with Gasteiger partial charge in [-0.3, -0.25) is 5.43 Å². The van der Waals surface area contributed by atoms with Crippen LogP contribution in [0.2, 0.25) is 0 Å². The van der Waals surface area contributed by atoms with Crippen molar-refractivity contribution in [1.29, 1.82) is 0 Å². The van der Waals surface area contributed by atoms with Crippen LogP contribution in [0, 0.1) is 0 Å². The van der Waals surface area contributed by atoms with Crippen LogP contribution in [0.1, 0.15) is 26.3 Å². The lowest BCUT2D eigenvalue weighted by Gasteiger charge is -2.19. The molecular formula is C20H22F3N3O5S. The number of nitrogens with one attached hydrogen (secondary N) is 2. The second-order valence-corrected chi connectivity index (χ2v) is 8.98. The Labute approximate surface area is 183 Å². The summed E-state index contributed by atoms with van der Waals surface area (Å²) in [5.74, 6) is -1.99. The Kier molecular flexibility index (Phi) is 7.73. The van der Waals surface area contributed by atoms with Crippen LogP contribution >= 0.6 is 0 Å². The Morgan fingerprint density at radius 3 is 2.28 bits per heavy atom. The van der Waals surface area contributed by atoms with Gasteiger partial charge in [0.2, 0.25) is 0 Å². The minimum atomic E-state index is -5.18. The normalized spacial score (nSPS) is 12.8. The van der Waals surface area contributed by atoms with Crippen molar-refractivity contribution in [1.82, 2.24) is 5.32 Å². The summed E-state index contributed by atoms with van der Waals surface area (Å²) in [5, 5.41) is 5.60. The Balaban J connectivity index is 2.12. The Bertz CT molecular complexity index is 1070. The monoisotopic (exact) mass is 473 g/mol. The fourth-order valence-electron chi connectivity index (χ4n) is 2.22. The van der Waals surface area contributed by atoms with E-state index in [2.05, 4.69) is 20.0 Å². The van der Waals surface area contributed by atoms with E-state index in [-0.39, 0.29) is 12.2 Å². The molecule has 0 heterocycles. The number of hydrogen-bond donors (Lipinski definition) is 2. The number of nitrogens with zero attached hydrogens (tertiary/aromatic N) is 1. The first kappa shape index (κ1) is 25.0. The first-order valence-electron chi connectivity index (χ1n) is 9.22. The predicted molar refractivity (Wildman–Crippen MR) is 111 cm³/mol. The molecule has 0 aromatic heterocycles. The van der Waals surface area contributed by atoms with Crippen LogP contribution in [0.15, 0.2) is 64.6 Å². The molecule has 0 unspecified atom stereocenters. The molecule has 2 rings (SSSR count). The minimum Gasteiger partial charge on any atom is -0.444 e. The van der Waals surface area contributed by atoms with Gasteiger partial charge in [-0.2, -0.15) is 21.6 Å². The SMILES string of the molecule is CC(C)(C)OC(=O)NCc1cccc(NN=C(OS(=O)(=O)c2ccccc2)C(F)(F)F)c1. The lowest BCUT2D eigenvalue weighted by molar-refractivity contribution is -0.0707. The van der Waals surface area contributed by atoms with Gasteiger partial charge in [0, 0.05) is 6.54 Å². The molecule has 32 heavy (non-hydrogen) atoms. The number of rotatable bonds is 6. The summed E-state index contributed by atoms with van der Waals surface area (Å²) < 4.78 is 73.4. The average molecular weight is 473 g/mol. The number of hydrazone groups is 1. The van der Waals surface area contributed by atoms with Crippen molar-refractivity contribution in [3.05, 3.63) is 60.2 Å². The summed E-state index contributed by atoms with van der Waals surface area (Å²) >= 11 is 0. The third-order valence-electron chi connectivity index (χ3n) is 3.51. The second-order valence-electron chi connectivity index (χ2n) is 7.43. The summed E-state index contributed by atoms with van der Waals surface area (Å²) in [6.07, 6.45) is -5.84. The number of hydrogen-bond acceptors (Lipinski definition) is 7. The van der Waals surface area contributed by atoms with E-state index in [0.29, 0.717) is 5.56 Å². The zero-order chi connectivity index (χ0) is 24.0. The van der Waals surface area contributed by atoms with Crippen LogP contribution in [-0.2, 0) is 25.6 Å². The average Bonchev–Trinajstić information content (AvgIpc) is 2.68. The number of carbonyl (C=O) groups is 1. The lowest BCUT2D eigenvalue weighted by atomic mass is 10.2. The molecule has 0 saturated carbocycles. The number of alkyl halides is 3. The van der Waals surface area contributed by atoms with E-state index in [9.17, 15) is 26.4 Å². The largest absolute Gasteiger partial charge is 0.471 e. The summed E-state index contributed by atoms with van der Waals surface area (Å²) in [6.45, 7) is 5.15. The van der Waals surface area contributed by atoms with Crippen molar-refractivity contribution in [2.75, 3.05) is 5.43 Å². The van der Waals surface area contributed by atoms with Crippen molar-refractivity contribution in [2.45, 2.75) is 44.0 Å². The Morgan fingerprint density at radius 1 is 1.03 bits per heavy atom. The maximum atomic E-state index is 13.3. The van der Waals surface area contributed by atoms with Crippen molar-refractivity contribution in [2.24, 2.45) is 5.10 Å². The van der Waals surface area contributed by atoms with Crippen LogP contribution in [0.5, 0.6) is 0 Å². The highest BCUT2D eigenvalue weighted by Gasteiger charge is 2.42. The fraction of sp³-hybridized carbons (Fsp3) is 0.300. The van der Waals surface area contributed by atoms with E-state index in [4.69, 9.17) is 4.74 Å². The van der Waals surface area contributed by atoms with E-state index >= 15 is 0 Å². The molecule has 1 amide bonds. The van der Waals surface area contributed by atoms with Crippen LogP contribution in [-0.4, -0.2) is 32.2 Å². The van der Waals surface area contributed by atoms with Gasteiger partial charge in [-0.1, -0.05) is 30.3 Å². The number of carbonyl (C=O) groups excluding carboxylic acids is 1. The molecule has 0 aliphatic rings. The van der Waals surface area contributed by atoms with E-state index < -0.39 is 38.8 Å². The molecule has 0 spiro atoms. The zero-order valence-corrected chi connectivity index (χ0v) is 18.3. The van der Waals surface area contributed by atoms with Gasteiger partial charge in [0.25, 0.3) is 0 Å². The highest BCUT2D eigenvalue weighted by atomic mass is 32.2. The maximum absolute atomic E-state index is 13.3. The standard InChI is InChI=1S/C20H22F3N3O5S/c1-19(2,3)30-18(27)24-13-14-8-7-9-15(12-14)25-26-17(20(21,22)23)31-32(28,29)16-10-5-4-6-11-16/h4-12,25H,13H2,1-3H3,(H,24,27). The summed E-state index contributed by atoms with van der Waals surface area (Å²) in [5.41, 5.74) is 2.08. The summed E-state index contributed by atoms with van der Waals surface area (Å²) in [4.78, 5) is 11.3. The van der Waals surface area contributed by atoms with Crippen molar-refractivity contribution >= 4 is 27.8 Å². The van der Waals surface area contributed by atoms with Crippen LogP contribution < -0.4 is 10.7 Å². The molecule has 0 atom stereocenters. The van der Waals surface area contributed by atoms with Gasteiger partial charge in [-0.15, -0.1) is 5.10 Å². The van der Waals surface area contributed by atoms with Gasteiger partial charge in [-0.05, 0) is 50.6 Å². The van der Waals surface area contributed by atoms with Gasteiger partial charge in [-0.25, -0.2) is 4.79 Å². The number of ether oxygens (including phenoxy) is 1. The Hall–Kier alpha value is -3.28. The molecule has 0 aliphatic heterocycles. The van der Waals surface area contributed by atoms with Crippen molar-refractivity contribution in [3.63, 3.8) is 0 Å². The number of anilines is 1. The van der Waals surface area contributed by atoms with E-state index in [1.807, 2.05) is 0 Å². The van der Waals surface area contributed by atoms with Gasteiger partial charge >= 0.3 is 28.3 Å². The van der Waals surface area contributed by atoms with E-state index in [1.54, 1.807) is 26.8 Å². The number of alkyl carbamates (subject to hydrolysis) is 1. The van der Waals surface area contributed by atoms with Gasteiger partial charge in [0.1, 0.15) is 10.5 Å². The summed E-state index contributed by atoms with van der Waals surface area (Å²) in [6, 6.07) is 12.3. The molecule has 2 N–H and O–H groups in total. The second kappa shape index (κ2) is 9.90. The number of benzene rings is 2. The molecule has 174 valence electrons. The smallest absolute Gasteiger partial charge is 0.444 e. The molecule has 12 heteroatoms. The molecular weight excluding hydrogens is 451 g/mol. The molecule has 0 aliphatic carbocycles. The third kappa shape index (κ3) is 8.10. The summed E-state index contributed by atoms with van der Waals surface area (Å²) in [7, 11) is -4.74. The van der Waals surface area contributed by atoms with Gasteiger partial charge < -0.3 is 14.2 Å². The lowest BCUT2D eigenvalue weighted by Crippen LogP contribution is -2.32. The predicted octanol–water partition coefficient (Wildman–Crippen LogP) is 4.40. The maximum Gasteiger partial charge on any atom is 0.471 e. The van der Waals surface area contributed by atoms with Crippen LogP contribution in [0.25, 0.3) is 0 Å². The minimum absolute atomic E-state index is 0.0408. The Morgan fingerprint density at radius 2 is 1.69 bits per heavy atom. The molecule has 2 aromatic rings. The number of halogens is 3. The van der Waals surface area contributed by atoms with Crippen LogP contribution in [0.4, 0.5) is 23.7 Å². The first-order chi connectivity index (χ1) is 14.8.